The van der Waals surface area contributed by atoms with Gasteiger partial charge in [-0.15, -0.1) is 0 Å². The molecule has 0 aliphatic carbocycles. The Bertz CT molecular complexity index is 987. The minimum Gasteiger partial charge on any atom is -0.396 e. The number of aliphatic hydroxyl groups excluding tert-OH is 2. The van der Waals surface area contributed by atoms with E-state index in [1.165, 1.54) is 0 Å². The number of nitrogens with one attached hydrogen (secondary N) is 2. The number of aryl methyl sites for hydroxylation is 1. The number of amides is 1. The number of rotatable bonds is 10. The molecule has 188 valence electrons. The van der Waals surface area contributed by atoms with Crippen LogP contribution in [0.5, 0.6) is 0 Å². The minimum absolute atomic E-state index is 0.0160. The van der Waals surface area contributed by atoms with Gasteiger partial charge in [0.2, 0.25) is 5.91 Å². The van der Waals surface area contributed by atoms with E-state index < -0.39 is 46.3 Å². The summed E-state index contributed by atoms with van der Waals surface area (Å²) in [5.74, 6) is -1.76. The third-order valence-electron chi connectivity index (χ3n) is 5.92. The van der Waals surface area contributed by atoms with Crippen molar-refractivity contribution in [2.75, 3.05) is 18.9 Å². The number of benzene rings is 2. The Hall–Kier alpha value is -2.08. The van der Waals surface area contributed by atoms with Crippen LogP contribution in [0.3, 0.4) is 0 Å². The monoisotopic (exact) mass is 498 g/mol. The summed E-state index contributed by atoms with van der Waals surface area (Å²) in [5, 5.41) is 25.7. The van der Waals surface area contributed by atoms with Crippen molar-refractivity contribution < 1.29 is 32.9 Å². The van der Waals surface area contributed by atoms with Gasteiger partial charge in [0.1, 0.15) is 11.6 Å². The fraction of sp³-hybridized carbons (Fsp3) is 0.458. The fourth-order valence-corrected chi connectivity index (χ4v) is 5.92. The van der Waals surface area contributed by atoms with E-state index in [2.05, 4.69) is 10.6 Å². The molecular formula is C24H32F2N2O5S. The van der Waals surface area contributed by atoms with Crippen LogP contribution in [0.4, 0.5) is 8.78 Å². The summed E-state index contributed by atoms with van der Waals surface area (Å²) in [6.45, 7) is 1.63. The van der Waals surface area contributed by atoms with Gasteiger partial charge >= 0.3 is 0 Å². The molecule has 1 amide bonds. The van der Waals surface area contributed by atoms with Crippen LogP contribution in [0.15, 0.2) is 36.4 Å². The number of carbonyl (C=O) groups is 1. The van der Waals surface area contributed by atoms with E-state index in [0.717, 1.165) is 41.3 Å². The van der Waals surface area contributed by atoms with Crippen molar-refractivity contribution in [2.45, 2.75) is 50.1 Å². The zero-order chi connectivity index (χ0) is 24.9. The molecule has 2 aromatic rings. The van der Waals surface area contributed by atoms with Crippen LogP contribution >= 0.6 is 10.6 Å². The predicted molar refractivity (Wildman–Crippen MR) is 128 cm³/mol. The van der Waals surface area contributed by atoms with Gasteiger partial charge in [-0.05, 0) is 47.2 Å². The molecule has 34 heavy (non-hydrogen) atoms. The Morgan fingerprint density at radius 1 is 1.15 bits per heavy atom. The van der Waals surface area contributed by atoms with Crippen molar-refractivity contribution >= 4 is 16.5 Å². The van der Waals surface area contributed by atoms with Crippen LogP contribution in [0.1, 0.15) is 41.6 Å². The molecule has 0 aromatic heterocycles. The van der Waals surface area contributed by atoms with E-state index in [4.69, 9.17) is 5.11 Å². The molecule has 10 heteroatoms. The van der Waals surface area contributed by atoms with Crippen LogP contribution in [0.2, 0.25) is 0 Å². The molecular weight excluding hydrogens is 466 g/mol. The maximum absolute atomic E-state index is 13.6. The van der Waals surface area contributed by atoms with Crippen LogP contribution in [0.25, 0.3) is 0 Å². The van der Waals surface area contributed by atoms with Crippen molar-refractivity contribution in [2.24, 2.45) is 0 Å². The van der Waals surface area contributed by atoms with Crippen molar-refractivity contribution in [1.29, 1.82) is 0 Å². The predicted octanol–water partition coefficient (Wildman–Crippen LogP) is 2.89. The number of hydrogen-bond acceptors (Lipinski definition) is 6. The summed E-state index contributed by atoms with van der Waals surface area (Å²) in [6.07, 6.45) is -0.548. The summed E-state index contributed by atoms with van der Waals surface area (Å²) in [6, 6.07) is 7.56. The van der Waals surface area contributed by atoms with E-state index in [9.17, 15) is 27.8 Å². The number of hydrogen-bond donors (Lipinski definition) is 6. The van der Waals surface area contributed by atoms with Crippen molar-refractivity contribution in [1.82, 2.24) is 10.6 Å². The lowest BCUT2D eigenvalue weighted by atomic mass is 9.97. The first-order valence-corrected chi connectivity index (χ1v) is 13.1. The molecule has 2 aromatic carbocycles. The van der Waals surface area contributed by atoms with Crippen LogP contribution in [-0.4, -0.2) is 56.3 Å². The second-order valence-corrected chi connectivity index (χ2v) is 10.9. The second kappa shape index (κ2) is 11.6. The molecule has 0 saturated carbocycles. The topological polar surface area (TPSA) is 122 Å². The molecule has 0 radical (unpaired) electrons. The zero-order valence-corrected chi connectivity index (χ0v) is 19.8. The summed E-state index contributed by atoms with van der Waals surface area (Å²) in [4.78, 5) is 12.1. The Morgan fingerprint density at radius 2 is 1.85 bits per heavy atom. The Morgan fingerprint density at radius 3 is 2.50 bits per heavy atom. The van der Waals surface area contributed by atoms with Crippen molar-refractivity contribution in [3.63, 3.8) is 0 Å². The lowest BCUT2D eigenvalue weighted by molar-refractivity contribution is -0.123. The van der Waals surface area contributed by atoms with Gasteiger partial charge in [-0.3, -0.25) is 13.9 Å². The highest BCUT2D eigenvalue weighted by Crippen LogP contribution is 2.50. The van der Waals surface area contributed by atoms with Crippen LogP contribution < -0.4 is 10.6 Å². The Kier molecular flexibility index (Phi) is 9.02. The molecule has 0 bridgehead atoms. The van der Waals surface area contributed by atoms with Gasteiger partial charge in [0, 0.05) is 19.0 Å². The maximum atomic E-state index is 13.6. The molecule has 1 aliphatic rings. The number of carbonyl (C=O) groups excluding carboxylic acids is 1. The maximum Gasteiger partial charge on any atom is 0.222 e. The zero-order valence-electron chi connectivity index (χ0n) is 19.0. The molecule has 6 N–H and O–H groups in total. The second-order valence-electron chi connectivity index (χ2n) is 8.66. The number of fused-ring (bicyclic) bond motifs is 1. The lowest BCUT2D eigenvalue weighted by Gasteiger charge is -2.42. The molecule has 0 fully saturated rings. The summed E-state index contributed by atoms with van der Waals surface area (Å²) < 4.78 is 48.1. The molecule has 3 atom stereocenters. The smallest absolute Gasteiger partial charge is 0.222 e. The average molecular weight is 499 g/mol. The fourth-order valence-electron chi connectivity index (χ4n) is 4.21. The highest BCUT2D eigenvalue weighted by Gasteiger charge is 2.31. The van der Waals surface area contributed by atoms with Gasteiger partial charge in [0.25, 0.3) is 0 Å². The van der Waals surface area contributed by atoms with Gasteiger partial charge in [-0.2, -0.15) is 10.6 Å². The molecule has 0 unspecified atom stereocenters. The molecule has 1 aliphatic heterocycles. The van der Waals surface area contributed by atoms with Gasteiger partial charge < -0.3 is 20.8 Å². The summed E-state index contributed by atoms with van der Waals surface area (Å²) >= 11 is 0. The van der Waals surface area contributed by atoms with Crippen molar-refractivity contribution in [3.05, 3.63) is 70.3 Å². The normalized spacial score (nSPS) is 19.7. The van der Waals surface area contributed by atoms with E-state index in [0.29, 0.717) is 0 Å². The molecule has 7 nitrogen and oxygen atoms in total. The largest absolute Gasteiger partial charge is 0.396 e. The average Bonchev–Trinajstić information content (AvgIpc) is 2.75. The quantitative estimate of drug-likeness (QED) is 0.300. The third-order valence-corrected chi connectivity index (χ3v) is 7.56. The van der Waals surface area contributed by atoms with Crippen molar-refractivity contribution in [3.8, 4) is 0 Å². The Labute approximate surface area is 199 Å². The Balaban J connectivity index is 1.76. The molecule has 0 saturated heterocycles. The van der Waals surface area contributed by atoms with Gasteiger partial charge in [0.15, 0.2) is 0 Å². The van der Waals surface area contributed by atoms with Gasteiger partial charge in [-0.25, -0.2) is 8.78 Å². The van der Waals surface area contributed by atoms with Crippen LogP contribution in [-0.2, 0) is 23.4 Å². The standard InChI is InChI=1S/C24H32F2N2O5S/c1-2-15-3-4-17-13-34(32,33)14-22(20(17)9-15)27-12-23(30)21(28-24(31)5-6-29)10-16-7-18(25)11-19(26)8-16/h3-4,7-9,11,21-23,27,29-30,32-33H,2,5-6,10,12-14H2,1H3,(H,28,31)/t21-,22-,23+/m0/s1. The highest BCUT2D eigenvalue weighted by atomic mass is 32.3. The lowest BCUT2D eigenvalue weighted by Crippen LogP contribution is -2.49. The summed E-state index contributed by atoms with van der Waals surface area (Å²) in [5.41, 5.74) is 3.13. The van der Waals surface area contributed by atoms with Crippen LogP contribution in [0, 0.1) is 11.6 Å². The molecule has 3 rings (SSSR count). The molecule has 1 heterocycles. The molecule has 0 spiro atoms. The third kappa shape index (κ3) is 7.21. The summed E-state index contributed by atoms with van der Waals surface area (Å²) in [7, 11) is -2.84. The first-order valence-electron chi connectivity index (χ1n) is 11.2. The highest BCUT2D eigenvalue weighted by molar-refractivity contribution is 8.23. The van der Waals surface area contributed by atoms with E-state index in [-0.39, 0.29) is 43.1 Å². The first-order chi connectivity index (χ1) is 16.1. The first kappa shape index (κ1) is 26.5. The number of aliphatic hydroxyl groups is 2. The van der Waals surface area contributed by atoms with E-state index in [1.807, 2.05) is 25.1 Å². The number of halogens is 2. The van der Waals surface area contributed by atoms with Gasteiger partial charge in [-0.1, -0.05) is 25.1 Å². The van der Waals surface area contributed by atoms with E-state index >= 15 is 0 Å². The minimum atomic E-state index is -2.84. The SMILES string of the molecule is CCc1ccc2c(c1)[C@@H](NC[C@@H](O)[C@H](Cc1cc(F)cc(F)c1)NC(=O)CCO)CS(O)(O)C2. The van der Waals surface area contributed by atoms with Gasteiger partial charge in [0.05, 0.1) is 36.3 Å². The van der Waals surface area contributed by atoms with E-state index in [1.54, 1.807) is 0 Å².